The first-order valence-electron chi connectivity index (χ1n) is 6.68. The lowest BCUT2D eigenvalue weighted by Crippen LogP contribution is -2.14. The third-order valence-electron chi connectivity index (χ3n) is 3.28. The third kappa shape index (κ3) is 3.28. The second-order valence-electron chi connectivity index (χ2n) is 4.93. The number of anilines is 1. The van der Waals surface area contributed by atoms with Crippen molar-refractivity contribution in [3.8, 4) is 0 Å². The van der Waals surface area contributed by atoms with Crippen LogP contribution in [0.5, 0.6) is 0 Å². The second kappa shape index (κ2) is 6.23. The zero-order valence-corrected chi connectivity index (χ0v) is 13.5. The Hall–Kier alpha value is -1.61. The monoisotopic (exact) mass is 331 g/mol. The van der Waals surface area contributed by atoms with Crippen LogP contribution in [-0.4, -0.2) is 5.91 Å². The average Bonchev–Trinajstić information content (AvgIpc) is 2.39. The number of aryl methyl sites for hydroxylation is 3. The highest BCUT2D eigenvalue weighted by Crippen LogP contribution is 2.23. The van der Waals surface area contributed by atoms with Crippen LogP contribution in [0.2, 0.25) is 0 Å². The Labute approximate surface area is 128 Å². The molecule has 2 rings (SSSR count). The fraction of sp³-hybridized carbons (Fsp3) is 0.235. The molecule has 0 aliphatic carbocycles. The molecule has 0 atom stereocenters. The number of carbonyl (C=O) groups excluding carboxylic acids is 1. The molecule has 0 aliphatic heterocycles. The molecule has 0 bridgehead atoms. The minimum absolute atomic E-state index is 0.0709. The number of benzene rings is 2. The van der Waals surface area contributed by atoms with E-state index in [-0.39, 0.29) is 5.91 Å². The number of hydrogen-bond donors (Lipinski definition) is 1. The molecule has 3 heteroatoms. The van der Waals surface area contributed by atoms with Gasteiger partial charge in [-0.05, 0) is 55.2 Å². The number of hydrogen-bond acceptors (Lipinski definition) is 1. The molecule has 0 aliphatic rings. The van der Waals surface area contributed by atoms with Crippen LogP contribution in [-0.2, 0) is 6.42 Å². The van der Waals surface area contributed by atoms with E-state index < -0.39 is 0 Å². The molecule has 0 radical (unpaired) electrons. The number of amides is 1. The number of rotatable bonds is 3. The zero-order chi connectivity index (χ0) is 14.7. The van der Waals surface area contributed by atoms with Gasteiger partial charge in [0, 0.05) is 15.7 Å². The highest BCUT2D eigenvalue weighted by molar-refractivity contribution is 9.10. The van der Waals surface area contributed by atoms with Gasteiger partial charge in [-0.25, -0.2) is 0 Å². The summed E-state index contributed by atoms with van der Waals surface area (Å²) in [6, 6.07) is 11.8. The minimum atomic E-state index is -0.0709. The number of para-hydroxylation sites is 1. The molecular formula is C17H18BrNO. The van der Waals surface area contributed by atoms with Gasteiger partial charge in [-0.3, -0.25) is 4.79 Å². The Morgan fingerprint density at radius 3 is 2.60 bits per heavy atom. The average molecular weight is 332 g/mol. The van der Waals surface area contributed by atoms with E-state index in [0.717, 1.165) is 33.3 Å². The fourth-order valence-electron chi connectivity index (χ4n) is 2.26. The van der Waals surface area contributed by atoms with Gasteiger partial charge in [-0.15, -0.1) is 0 Å². The molecule has 20 heavy (non-hydrogen) atoms. The van der Waals surface area contributed by atoms with Crippen LogP contribution in [0.25, 0.3) is 0 Å². The molecule has 1 N–H and O–H groups in total. The maximum atomic E-state index is 12.4. The van der Waals surface area contributed by atoms with Crippen LogP contribution in [0, 0.1) is 13.8 Å². The van der Waals surface area contributed by atoms with Crippen LogP contribution in [0.1, 0.15) is 34.0 Å². The number of nitrogens with one attached hydrogen (secondary N) is 1. The molecule has 2 aromatic carbocycles. The van der Waals surface area contributed by atoms with Gasteiger partial charge >= 0.3 is 0 Å². The van der Waals surface area contributed by atoms with Crippen molar-refractivity contribution in [2.24, 2.45) is 0 Å². The van der Waals surface area contributed by atoms with E-state index in [1.54, 1.807) is 0 Å². The van der Waals surface area contributed by atoms with Crippen LogP contribution < -0.4 is 5.32 Å². The summed E-state index contributed by atoms with van der Waals surface area (Å²) < 4.78 is 0.920. The van der Waals surface area contributed by atoms with Crippen LogP contribution >= 0.6 is 15.9 Å². The Bertz CT molecular complexity index is 629. The van der Waals surface area contributed by atoms with Crippen LogP contribution in [0.4, 0.5) is 5.69 Å². The Balaban J connectivity index is 2.32. The van der Waals surface area contributed by atoms with Crippen LogP contribution in [0.15, 0.2) is 40.9 Å². The summed E-state index contributed by atoms with van der Waals surface area (Å²) in [7, 11) is 0. The smallest absolute Gasteiger partial charge is 0.255 e. The number of halogens is 1. The fourth-order valence-corrected chi connectivity index (χ4v) is 2.86. The van der Waals surface area contributed by atoms with Gasteiger partial charge in [0.05, 0.1) is 0 Å². The molecule has 104 valence electrons. The largest absolute Gasteiger partial charge is 0.321 e. The standard InChI is InChI=1S/C17H18BrNO/c1-4-13-7-5-6-12(3)16(13)19-17(20)14-8-11(2)9-15(18)10-14/h5-10H,4H2,1-3H3,(H,19,20). The van der Waals surface area contributed by atoms with Gasteiger partial charge in [-0.2, -0.15) is 0 Å². The van der Waals surface area contributed by atoms with Crippen LogP contribution in [0.3, 0.4) is 0 Å². The summed E-state index contributed by atoms with van der Waals surface area (Å²) in [5.41, 5.74) is 4.90. The quantitative estimate of drug-likeness (QED) is 0.853. The molecule has 1 amide bonds. The first-order chi connectivity index (χ1) is 9.51. The maximum Gasteiger partial charge on any atom is 0.255 e. The van der Waals surface area contributed by atoms with E-state index in [4.69, 9.17) is 0 Å². The van der Waals surface area contributed by atoms with E-state index in [9.17, 15) is 4.79 Å². The van der Waals surface area contributed by atoms with Crippen molar-refractivity contribution in [2.75, 3.05) is 5.32 Å². The lowest BCUT2D eigenvalue weighted by molar-refractivity contribution is 0.102. The molecule has 0 aromatic heterocycles. The molecule has 2 nitrogen and oxygen atoms in total. The Morgan fingerprint density at radius 2 is 1.95 bits per heavy atom. The Morgan fingerprint density at radius 1 is 1.20 bits per heavy atom. The molecule has 0 fully saturated rings. The summed E-state index contributed by atoms with van der Waals surface area (Å²) in [6.45, 7) is 6.08. The molecule has 0 saturated heterocycles. The third-order valence-corrected chi connectivity index (χ3v) is 3.74. The molecule has 0 unspecified atom stereocenters. The van der Waals surface area contributed by atoms with Crippen molar-refractivity contribution in [3.05, 3.63) is 63.1 Å². The van der Waals surface area contributed by atoms with Crippen molar-refractivity contribution >= 4 is 27.5 Å². The second-order valence-corrected chi connectivity index (χ2v) is 5.85. The lowest BCUT2D eigenvalue weighted by Gasteiger charge is -2.13. The van der Waals surface area contributed by atoms with E-state index in [1.807, 2.05) is 44.2 Å². The van der Waals surface area contributed by atoms with Gasteiger partial charge in [0.25, 0.3) is 5.91 Å². The normalized spacial score (nSPS) is 10.4. The topological polar surface area (TPSA) is 29.1 Å². The summed E-state index contributed by atoms with van der Waals surface area (Å²) >= 11 is 3.43. The molecule has 0 heterocycles. The summed E-state index contributed by atoms with van der Waals surface area (Å²) in [5.74, 6) is -0.0709. The first-order valence-corrected chi connectivity index (χ1v) is 7.47. The predicted octanol–water partition coefficient (Wildman–Crippen LogP) is 4.88. The highest BCUT2D eigenvalue weighted by Gasteiger charge is 2.11. The van der Waals surface area contributed by atoms with Crippen molar-refractivity contribution < 1.29 is 4.79 Å². The molecular weight excluding hydrogens is 314 g/mol. The Kier molecular flexibility index (Phi) is 4.61. The van der Waals surface area contributed by atoms with E-state index in [1.165, 1.54) is 0 Å². The van der Waals surface area contributed by atoms with Gasteiger partial charge in [0.2, 0.25) is 0 Å². The highest BCUT2D eigenvalue weighted by atomic mass is 79.9. The summed E-state index contributed by atoms with van der Waals surface area (Å²) in [6.07, 6.45) is 0.898. The summed E-state index contributed by atoms with van der Waals surface area (Å²) in [5, 5.41) is 3.04. The molecule has 2 aromatic rings. The number of carbonyl (C=O) groups is 1. The first kappa shape index (κ1) is 14.8. The van der Waals surface area contributed by atoms with E-state index in [2.05, 4.69) is 34.2 Å². The lowest BCUT2D eigenvalue weighted by atomic mass is 10.0. The van der Waals surface area contributed by atoms with Gasteiger partial charge in [-0.1, -0.05) is 41.1 Å². The van der Waals surface area contributed by atoms with Gasteiger partial charge < -0.3 is 5.32 Å². The zero-order valence-electron chi connectivity index (χ0n) is 12.0. The van der Waals surface area contributed by atoms with E-state index in [0.29, 0.717) is 5.56 Å². The van der Waals surface area contributed by atoms with Gasteiger partial charge in [0.1, 0.15) is 0 Å². The SMILES string of the molecule is CCc1cccc(C)c1NC(=O)c1cc(C)cc(Br)c1. The minimum Gasteiger partial charge on any atom is -0.321 e. The molecule has 0 spiro atoms. The van der Waals surface area contributed by atoms with Crippen molar-refractivity contribution in [1.29, 1.82) is 0 Å². The summed E-state index contributed by atoms with van der Waals surface area (Å²) in [4.78, 5) is 12.4. The van der Waals surface area contributed by atoms with Gasteiger partial charge in [0.15, 0.2) is 0 Å². The predicted molar refractivity (Wildman–Crippen MR) is 87.4 cm³/mol. The van der Waals surface area contributed by atoms with Crippen molar-refractivity contribution in [2.45, 2.75) is 27.2 Å². The van der Waals surface area contributed by atoms with Crippen molar-refractivity contribution in [1.82, 2.24) is 0 Å². The van der Waals surface area contributed by atoms with Crippen molar-refractivity contribution in [3.63, 3.8) is 0 Å². The van der Waals surface area contributed by atoms with E-state index >= 15 is 0 Å². The maximum absolute atomic E-state index is 12.4. The molecule has 0 saturated carbocycles.